The number of aliphatic carboxylic acids is 1. The molecule has 0 bridgehead atoms. The first-order chi connectivity index (χ1) is 7.65. The fourth-order valence-corrected chi connectivity index (χ4v) is 1.89. The summed E-state index contributed by atoms with van der Waals surface area (Å²) in [5.41, 5.74) is 1.74. The summed E-state index contributed by atoms with van der Waals surface area (Å²) in [6.07, 6.45) is 0.728. The molecule has 0 spiro atoms. The van der Waals surface area contributed by atoms with Gasteiger partial charge in [-0.15, -0.1) is 0 Å². The maximum absolute atomic E-state index is 11.1. The Kier molecular flexibility index (Phi) is 2.64. The normalized spacial score (nSPS) is 12.9. The number of aryl methyl sites for hydroxylation is 1. The topological polar surface area (TPSA) is 55.1 Å². The standard InChI is InChI=1S/C12H14N2O2/c1-3-11-13-9-6-4-5-7-10(9)14(11)8(2)12(15)16/h4-8H,3H2,1-2H3,(H,15,16)/t8-/m0/s1. The van der Waals surface area contributed by atoms with Crippen molar-refractivity contribution in [2.75, 3.05) is 0 Å². The molecular weight excluding hydrogens is 204 g/mol. The Balaban J connectivity index is 2.69. The van der Waals surface area contributed by atoms with Crippen molar-refractivity contribution in [3.05, 3.63) is 30.1 Å². The van der Waals surface area contributed by atoms with E-state index in [9.17, 15) is 4.79 Å². The Labute approximate surface area is 93.5 Å². The SMILES string of the molecule is CCc1nc2ccccc2n1[C@@H](C)C(=O)O. The summed E-state index contributed by atoms with van der Waals surface area (Å²) in [5.74, 6) is -0.0195. The molecule has 0 amide bonds. The first-order valence-corrected chi connectivity index (χ1v) is 5.33. The van der Waals surface area contributed by atoms with E-state index in [0.29, 0.717) is 0 Å². The molecule has 1 aromatic heterocycles. The van der Waals surface area contributed by atoms with Crippen LogP contribution in [0.2, 0.25) is 0 Å². The van der Waals surface area contributed by atoms with Crippen molar-refractivity contribution in [1.82, 2.24) is 9.55 Å². The lowest BCUT2D eigenvalue weighted by molar-refractivity contribution is -0.140. The molecule has 4 heteroatoms. The van der Waals surface area contributed by atoms with E-state index in [1.54, 1.807) is 11.5 Å². The van der Waals surface area contributed by atoms with Crippen molar-refractivity contribution in [2.24, 2.45) is 0 Å². The number of rotatable bonds is 3. The smallest absolute Gasteiger partial charge is 0.326 e. The zero-order valence-corrected chi connectivity index (χ0v) is 9.34. The van der Waals surface area contributed by atoms with E-state index >= 15 is 0 Å². The highest BCUT2D eigenvalue weighted by atomic mass is 16.4. The molecule has 1 heterocycles. The van der Waals surface area contributed by atoms with Gasteiger partial charge in [0.15, 0.2) is 0 Å². The van der Waals surface area contributed by atoms with Crippen molar-refractivity contribution in [3.63, 3.8) is 0 Å². The number of hydrogen-bond acceptors (Lipinski definition) is 2. The summed E-state index contributed by atoms with van der Waals surface area (Å²) in [6.45, 7) is 3.65. The lowest BCUT2D eigenvalue weighted by atomic mass is 10.2. The molecule has 0 fully saturated rings. The number of fused-ring (bicyclic) bond motifs is 1. The van der Waals surface area contributed by atoms with Crippen molar-refractivity contribution in [1.29, 1.82) is 0 Å². The number of aromatic nitrogens is 2. The summed E-state index contributed by atoms with van der Waals surface area (Å²) in [4.78, 5) is 15.5. The minimum Gasteiger partial charge on any atom is -0.480 e. The number of carboxylic acid groups (broad SMARTS) is 1. The molecule has 4 nitrogen and oxygen atoms in total. The molecule has 0 saturated heterocycles. The fraction of sp³-hybridized carbons (Fsp3) is 0.333. The molecule has 1 N–H and O–H groups in total. The Bertz CT molecular complexity index is 531. The van der Waals surface area contributed by atoms with E-state index < -0.39 is 12.0 Å². The van der Waals surface area contributed by atoms with E-state index in [-0.39, 0.29) is 0 Å². The van der Waals surface area contributed by atoms with Gasteiger partial charge in [0, 0.05) is 6.42 Å². The third kappa shape index (κ3) is 1.56. The van der Waals surface area contributed by atoms with Gasteiger partial charge in [0.25, 0.3) is 0 Å². The van der Waals surface area contributed by atoms with Gasteiger partial charge in [-0.05, 0) is 19.1 Å². The summed E-state index contributed by atoms with van der Waals surface area (Å²) < 4.78 is 1.79. The molecular formula is C12H14N2O2. The van der Waals surface area contributed by atoms with E-state index in [1.165, 1.54) is 0 Å². The molecule has 2 rings (SSSR count). The average Bonchev–Trinajstić information content (AvgIpc) is 2.66. The monoisotopic (exact) mass is 218 g/mol. The van der Waals surface area contributed by atoms with Gasteiger partial charge >= 0.3 is 5.97 Å². The van der Waals surface area contributed by atoms with Crippen LogP contribution in [0.15, 0.2) is 24.3 Å². The first-order valence-electron chi connectivity index (χ1n) is 5.33. The second-order valence-corrected chi connectivity index (χ2v) is 3.75. The number of carboxylic acids is 1. The Morgan fingerprint density at radius 1 is 1.50 bits per heavy atom. The van der Waals surface area contributed by atoms with E-state index in [0.717, 1.165) is 23.3 Å². The van der Waals surface area contributed by atoms with E-state index in [2.05, 4.69) is 4.98 Å². The van der Waals surface area contributed by atoms with Crippen molar-refractivity contribution >= 4 is 17.0 Å². The van der Waals surface area contributed by atoms with Crippen LogP contribution in [0.25, 0.3) is 11.0 Å². The Hall–Kier alpha value is -1.84. The predicted molar refractivity (Wildman–Crippen MR) is 61.5 cm³/mol. The summed E-state index contributed by atoms with van der Waals surface area (Å²) >= 11 is 0. The lowest BCUT2D eigenvalue weighted by Crippen LogP contribution is -2.17. The molecule has 0 aliphatic rings. The van der Waals surface area contributed by atoms with Crippen LogP contribution in [-0.2, 0) is 11.2 Å². The van der Waals surface area contributed by atoms with Gasteiger partial charge in [-0.2, -0.15) is 0 Å². The fourth-order valence-electron chi connectivity index (χ4n) is 1.89. The summed E-state index contributed by atoms with van der Waals surface area (Å²) in [5, 5.41) is 9.08. The highest BCUT2D eigenvalue weighted by Gasteiger charge is 2.19. The molecule has 1 atom stereocenters. The van der Waals surface area contributed by atoms with Crippen LogP contribution < -0.4 is 0 Å². The lowest BCUT2D eigenvalue weighted by Gasteiger charge is -2.12. The van der Waals surface area contributed by atoms with Crippen molar-refractivity contribution < 1.29 is 9.90 Å². The molecule has 0 radical (unpaired) electrons. The Morgan fingerprint density at radius 2 is 2.19 bits per heavy atom. The molecule has 84 valence electrons. The second kappa shape index (κ2) is 3.96. The maximum atomic E-state index is 11.1. The van der Waals surface area contributed by atoms with Crippen LogP contribution in [-0.4, -0.2) is 20.6 Å². The number of carbonyl (C=O) groups is 1. The molecule has 0 aliphatic heterocycles. The van der Waals surface area contributed by atoms with Crippen LogP contribution in [0.3, 0.4) is 0 Å². The predicted octanol–water partition coefficient (Wildman–Crippen LogP) is 2.24. The van der Waals surface area contributed by atoms with Gasteiger partial charge in [-0.25, -0.2) is 9.78 Å². The van der Waals surface area contributed by atoms with Crippen molar-refractivity contribution in [2.45, 2.75) is 26.3 Å². The quantitative estimate of drug-likeness (QED) is 0.859. The first kappa shape index (κ1) is 10.7. The highest BCUT2D eigenvalue weighted by molar-refractivity contribution is 5.80. The number of hydrogen-bond donors (Lipinski definition) is 1. The molecule has 2 aromatic rings. The minimum atomic E-state index is -0.835. The largest absolute Gasteiger partial charge is 0.480 e. The molecule has 16 heavy (non-hydrogen) atoms. The van der Waals surface area contributed by atoms with Gasteiger partial charge in [0.1, 0.15) is 11.9 Å². The number of benzene rings is 1. The number of para-hydroxylation sites is 2. The average molecular weight is 218 g/mol. The van der Waals surface area contributed by atoms with Crippen LogP contribution in [0.4, 0.5) is 0 Å². The highest BCUT2D eigenvalue weighted by Crippen LogP contribution is 2.21. The van der Waals surface area contributed by atoms with Gasteiger partial charge in [0.2, 0.25) is 0 Å². The number of imidazole rings is 1. The van der Waals surface area contributed by atoms with Gasteiger partial charge in [-0.3, -0.25) is 0 Å². The molecule has 0 aliphatic carbocycles. The zero-order valence-electron chi connectivity index (χ0n) is 9.34. The van der Waals surface area contributed by atoms with Crippen LogP contribution in [0, 0.1) is 0 Å². The van der Waals surface area contributed by atoms with Gasteiger partial charge < -0.3 is 9.67 Å². The van der Waals surface area contributed by atoms with E-state index in [4.69, 9.17) is 5.11 Å². The maximum Gasteiger partial charge on any atom is 0.326 e. The summed E-state index contributed by atoms with van der Waals surface area (Å²) in [7, 11) is 0. The molecule has 0 unspecified atom stereocenters. The van der Waals surface area contributed by atoms with Crippen LogP contribution >= 0.6 is 0 Å². The van der Waals surface area contributed by atoms with Crippen molar-refractivity contribution in [3.8, 4) is 0 Å². The minimum absolute atomic E-state index is 0.581. The van der Waals surface area contributed by atoms with Gasteiger partial charge in [-0.1, -0.05) is 19.1 Å². The van der Waals surface area contributed by atoms with Gasteiger partial charge in [0.05, 0.1) is 11.0 Å². The summed E-state index contributed by atoms with van der Waals surface area (Å²) in [6, 6.07) is 7.03. The Morgan fingerprint density at radius 3 is 2.81 bits per heavy atom. The van der Waals surface area contributed by atoms with E-state index in [1.807, 2.05) is 31.2 Å². The molecule has 0 saturated carbocycles. The second-order valence-electron chi connectivity index (χ2n) is 3.75. The third-order valence-corrected chi connectivity index (χ3v) is 2.73. The zero-order chi connectivity index (χ0) is 11.7. The van der Waals surface area contributed by atoms with Crippen LogP contribution in [0.5, 0.6) is 0 Å². The number of nitrogens with zero attached hydrogens (tertiary/aromatic N) is 2. The molecule has 1 aromatic carbocycles. The third-order valence-electron chi connectivity index (χ3n) is 2.73. The van der Waals surface area contributed by atoms with Crippen LogP contribution in [0.1, 0.15) is 25.7 Å².